The SMILES string of the molecule is C[C@H](NC(=O)C(CN)c1ccccc1)C(=O)O. The first-order valence-electron chi connectivity index (χ1n) is 5.34. The first-order chi connectivity index (χ1) is 8.06. The molecule has 0 heterocycles. The van der Waals surface area contributed by atoms with Crippen molar-refractivity contribution in [3.8, 4) is 0 Å². The van der Waals surface area contributed by atoms with Gasteiger partial charge < -0.3 is 16.2 Å². The van der Waals surface area contributed by atoms with Gasteiger partial charge in [-0.05, 0) is 12.5 Å². The van der Waals surface area contributed by atoms with E-state index in [1.807, 2.05) is 18.2 Å². The molecule has 17 heavy (non-hydrogen) atoms. The quantitative estimate of drug-likeness (QED) is 0.686. The number of rotatable bonds is 5. The van der Waals surface area contributed by atoms with Crippen LogP contribution >= 0.6 is 0 Å². The Labute approximate surface area is 99.6 Å². The third kappa shape index (κ3) is 3.57. The van der Waals surface area contributed by atoms with Crippen LogP contribution < -0.4 is 11.1 Å². The molecule has 0 aliphatic carbocycles. The summed E-state index contributed by atoms with van der Waals surface area (Å²) in [7, 11) is 0. The second-order valence-corrected chi connectivity index (χ2v) is 3.77. The van der Waals surface area contributed by atoms with Gasteiger partial charge in [0.15, 0.2) is 0 Å². The molecular formula is C12H16N2O3. The lowest BCUT2D eigenvalue weighted by atomic mass is 9.98. The summed E-state index contributed by atoms with van der Waals surface area (Å²) in [5, 5.41) is 11.1. The van der Waals surface area contributed by atoms with E-state index in [0.717, 1.165) is 5.56 Å². The number of nitrogens with one attached hydrogen (secondary N) is 1. The molecule has 5 heteroatoms. The molecule has 0 fully saturated rings. The van der Waals surface area contributed by atoms with E-state index in [1.54, 1.807) is 12.1 Å². The maximum absolute atomic E-state index is 11.8. The third-order valence-corrected chi connectivity index (χ3v) is 2.48. The van der Waals surface area contributed by atoms with Gasteiger partial charge in [-0.25, -0.2) is 0 Å². The van der Waals surface area contributed by atoms with Gasteiger partial charge in [0.25, 0.3) is 0 Å². The minimum absolute atomic E-state index is 0.141. The Hall–Kier alpha value is -1.88. The summed E-state index contributed by atoms with van der Waals surface area (Å²) in [5.41, 5.74) is 6.33. The molecule has 1 aromatic rings. The van der Waals surface area contributed by atoms with Crippen LogP contribution in [0.4, 0.5) is 0 Å². The first-order valence-corrected chi connectivity index (χ1v) is 5.34. The number of carboxylic acid groups (broad SMARTS) is 1. The van der Waals surface area contributed by atoms with Crippen molar-refractivity contribution in [2.24, 2.45) is 5.73 Å². The monoisotopic (exact) mass is 236 g/mol. The Kier molecular flexibility index (Phi) is 4.66. The number of carboxylic acids is 1. The van der Waals surface area contributed by atoms with E-state index in [9.17, 15) is 9.59 Å². The van der Waals surface area contributed by atoms with Crippen LogP contribution in [0.25, 0.3) is 0 Å². The maximum atomic E-state index is 11.8. The van der Waals surface area contributed by atoms with Crippen molar-refractivity contribution in [3.05, 3.63) is 35.9 Å². The van der Waals surface area contributed by atoms with Gasteiger partial charge in [0.2, 0.25) is 5.91 Å². The number of hydrogen-bond acceptors (Lipinski definition) is 3. The number of amides is 1. The van der Waals surface area contributed by atoms with Crippen LogP contribution in [0.2, 0.25) is 0 Å². The Morgan fingerprint density at radius 1 is 1.35 bits per heavy atom. The van der Waals surface area contributed by atoms with E-state index in [1.165, 1.54) is 6.92 Å². The lowest BCUT2D eigenvalue weighted by molar-refractivity contribution is -0.141. The van der Waals surface area contributed by atoms with Gasteiger partial charge >= 0.3 is 5.97 Å². The third-order valence-electron chi connectivity index (χ3n) is 2.48. The zero-order chi connectivity index (χ0) is 12.8. The second kappa shape index (κ2) is 6.00. The number of aliphatic carboxylic acids is 1. The average Bonchev–Trinajstić information content (AvgIpc) is 2.31. The molecule has 0 saturated carbocycles. The highest BCUT2D eigenvalue weighted by Gasteiger charge is 2.22. The van der Waals surface area contributed by atoms with Crippen molar-refractivity contribution in [2.75, 3.05) is 6.54 Å². The molecule has 5 nitrogen and oxygen atoms in total. The fraction of sp³-hybridized carbons (Fsp3) is 0.333. The Morgan fingerprint density at radius 2 is 1.94 bits per heavy atom. The number of hydrogen-bond donors (Lipinski definition) is 3. The number of carbonyl (C=O) groups excluding carboxylic acids is 1. The van der Waals surface area contributed by atoms with Gasteiger partial charge in [-0.3, -0.25) is 9.59 Å². The minimum atomic E-state index is -1.07. The largest absolute Gasteiger partial charge is 0.480 e. The molecule has 1 unspecified atom stereocenters. The summed E-state index contributed by atoms with van der Waals surface area (Å²) in [4.78, 5) is 22.5. The molecule has 92 valence electrons. The second-order valence-electron chi connectivity index (χ2n) is 3.77. The topological polar surface area (TPSA) is 92.4 Å². The summed E-state index contributed by atoms with van der Waals surface area (Å²) in [6.45, 7) is 1.56. The molecule has 1 aromatic carbocycles. The van der Waals surface area contributed by atoms with Crippen molar-refractivity contribution in [1.29, 1.82) is 0 Å². The molecule has 1 amide bonds. The van der Waals surface area contributed by atoms with Crippen LogP contribution in [0.3, 0.4) is 0 Å². The van der Waals surface area contributed by atoms with Gasteiger partial charge in [0.05, 0.1) is 5.92 Å². The van der Waals surface area contributed by atoms with Gasteiger partial charge in [0.1, 0.15) is 6.04 Å². The van der Waals surface area contributed by atoms with Crippen molar-refractivity contribution in [1.82, 2.24) is 5.32 Å². The van der Waals surface area contributed by atoms with E-state index in [0.29, 0.717) is 0 Å². The van der Waals surface area contributed by atoms with E-state index in [-0.39, 0.29) is 12.5 Å². The standard InChI is InChI=1S/C12H16N2O3/c1-8(12(16)17)14-11(15)10(7-13)9-5-3-2-4-6-9/h2-6,8,10H,7,13H2,1H3,(H,14,15)(H,16,17)/t8-,10?/m0/s1. The van der Waals surface area contributed by atoms with Crippen LogP contribution in [0, 0.1) is 0 Å². The first kappa shape index (κ1) is 13.2. The molecule has 2 atom stereocenters. The predicted molar refractivity (Wildman–Crippen MR) is 63.5 cm³/mol. The van der Waals surface area contributed by atoms with Crippen molar-refractivity contribution < 1.29 is 14.7 Å². The summed E-state index contributed by atoms with van der Waals surface area (Å²) in [5.74, 6) is -1.95. The fourth-order valence-electron chi connectivity index (χ4n) is 1.46. The fourth-order valence-corrected chi connectivity index (χ4v) is 1.46. The summed E-state index contributed by atoms with van der Waals surface area (Å²) in [6, 6.07) is 8.14. The Bertz CT molecular complexity index is 392. The Morgan fingerprint density at radius 3 is 2.41 bits per heavy atom. The van der Waals surface area contributed by atoms with E-state index in [4.69, 9.17) is 10.8 Å². The highest BCUT2D eigenvalue weighted by Crippen LogP contribution is 2.14. The molecule has 0 saturated heterocycles. The predicted octanol–water partition coefficient (Wildman–Crippen LogP) is 0.318. The lowest BCUT2D eigenvalue weighted by Gasteiger charge is -2.17. The lowest BCUT2D eigenvalue weighted by Crippen LogP contribution is -2.42. The Balaban J connectivity index is 2.75. The molecule has 0 aromatic heterocycles. The van der Waals surface area contributed by atoms with Gasteiger partial charge in [0, 0.05) is 6.54 Å². The van der Waals surface area contributed by atoms with E-state index < -0.39 is 17.9 Å². The van der Waals surface area contributed by atoms with Crippen molar-refractivity contribution >= 4 is 11.9 Å². The van der Waals surface area contributed by atoms with E-state index in [2.05, 4.69) is 5.32 Å². The summed E-state index contributed by atoms with van der Waals surface area (Å²) >= 11 is 0. The van der Waals surface area contributed by atoms with Gasteiger partial charge in [-0.2, -0.15) is 0 Å². The van der Waals surface area contributed by atoms with Gasteiger partial charge in [-0.15, -0.1) is 0 Å². The number of nitrogens with two attached hydrogens (primary N) is 1. The van der Waals surface area contributed by atoms with Crippen LogP contribution in [0.5, 0.6) is 0 Å². The van der Waals surface area contributed by atoms with Crippen LogP contribution in [-0.4, -0.2) is 29.6 Å². The minimum Gasteiger partial charge on any atom is -0.480 e. The zero-order valence-corrected chi connectivity index (χ0v) is 9.59. The maximum Gasteiger partial charge on any atom is 0.325 e. The van der Waals surface area contributed by atoms with Crippen molar-refractivity contribution in [2.45, 2.75) is 18.9 Å². The molecule has 1 rings (SSSR count). The van der Waals surface area contributed by atoms with Crippen LogP contribution in [0.15, 0.2) is 30.3 Å². The molecule has 0 aliphatic heterocycles. The number of benzene rings is 1. The molecule has 0 spiro atoms. The molecule has 0 aliphatic rings. The van der Waals surface area contributed by atoms with Crippen molar-refractivity contribution in [3.63, 3.8) is 0 Å². The van der Waals surface area contributed by atoms with Gasteiger partial charge in [-0.1, -0.05) is 30.3 Å². The highest BCUT2D eigenvalue weighted by molar-refractivity contribution is 5.88. The molecule has 4 N–H and O–H groups in total. The normalized spacial score (nSPS) is 13.8. The average molecular weight is 236 g/mol. The molecule has 0 radical (unpaired) electrons. The van der Waals surface area contributed by atoms with Crippen LogP contribution in [-0.2, 0) is 9.59 Å². The zero-order valence-electron chi connectivity index (χ0n) is 9.59. The smallest absolute Gasteiger partial charge is 0.325 e. The molecule has 0 bridgehead atoms. The number of carbonyl (C=O) groups is 2. The highest BCUT2D eigenvalue weighted by atomic mass is 16.4. The van der Waals surface area contributed by atoms with E-state index >= 15 is 0 Å². The summed E-state index contributed by atoms with van der Waals surface area (Å²) < 4.78 is 0. The molecular weight excluding hydrogens is 220 g/mol. The summed E-state index contributed by atoms with van der Waals surface area (Å²) in [6.07, 6.45) is 0. The van der Waals surface area contributed by atoms with Crippen LogP contribution in [0.1, 0.15) is 18.4 Å².